The number of nitrogens with zero attached hydrogens (tertiary/aromatic N) is 1. The van der Waals surface area contributed by atoms with Gasteiger partial charge in [-0.3, -0.25) is 0 Å². The van der Waals surface area contributed by atoms with E-state index in [1.807, 2.05) is 0 Å². The third kappa shape index (κ3) is 3.33. The van der Waals surface area contributed by atoms with Crippen molar-refractivity contribution < 1.29 is 4.74 Å². The first-order chi connectivity index (χ1) is 9.12. The Morgan fingerprint density at radius 3 is 2.11 bits per heavy atom. The summed E-state index contributed by atoms with van der Waals surface area (Å²) in [7, 11) is 0. The first-order valence-electron chi connectivity index (χ1n) is 8.46. The normalized spacial score (nSPS) is 29.2. The van der Waals surface area contributed by atoms with Gasteiger partial charge in [-0.2, -0.15) is 0 Å². The molecule has 1 aliphatic heterocycles. The minimum absolute atomic E-state index is 0.389. The van der Waals surface area contributed by atoms with E-state index < -0.39 is 0 Å². The molecule has 110 valence electrons. The minimum Gasteiger partial charge on any atom is -0.378 e. The van der Waals surface area contributed by atoms with E-state index in [0.29, 0.717) is 11.5 Å². The van der Waals surface area contributed by atoms with Crippen molar-refractivity contribution in [2.24, 2.45) is 10.8 Å². The molecule has 0 radical (unpaired) electrons. The average molecular weight is 265 g/mol. The Labute approximate surface area is 118 Å². The molecule has 0 unspecified atom stereocenters. The molecule has 0 aromatic carbocycles. The van der Waals surface area contributed by atoms with Crippen LogP contribution in [0.3, 0.4) is 0 Å². The first kappa shape index (κ1) is 13.9. The molecule has 3 aliphatic rings. The van der Waals surface area contributed by atoms with E-state index in [1.165, 1.54) is 71.0 Å². The molecular formula is C17H31NO. The topological polar surface area (TPSA) is 12.5 Å². The average Bonchev–Trinajstić information content (AvgIpc) is 3.02. The van der Waals surface area contributed by atoms with E-state index in [0.717, 1.165) is 12.0 Å². The van der Waals surface area contributed by atoms with Crippen molar-refractivity contribution in [1.29, 1.82) is 0 Å². The second-order valence-electron chi connectivity index (χ2n) is 7.84. The monoisotopic (exact) mass is 265 g/mol. The fraction of sp³-hybridized carbons (Fsp3) is 1.00. The van der Waals surface area contributed by atoms with E-state index in [4.69, 9.17) is 4.74 Å². The lowest BCUT2D eigenvalue weighted by Crippen LogP contribution is -2.42. The van der Waals surface area contributed by atoms with Crippen LogP contribution in [0.25, 0.3) is 0 Å². The van der Waals surface area contributed by atoms with Crippen molar-refractivity contribution in [3.63, 3.8) is 0 Å². The highest BCUT2D eigenvalue weighted by molar-refractivity contribution is 4.98. The molecule has 0 N–H and O–H groups in total. The van der Waals surface area contributed by atoms with Gasteiger partial charge < -0.3 is 9.64 Å². The lowest BCUT2D eigenvalue weighted by Gasteiger charge is -2.40. The third-order valence-electron chi connectivity index (χ3n) is 5.82. The Morgan fingerprint density at radius 1 is 0.947 bits per heavy atom. The molecule has 0 bridgehead atoms. The summed E-state index contributed by atoms with van der Waals surface area (Å²) in [6.45, 7) is 9.30. The molecule has 1 saturated heterocycles. The van der Waals surface area contributed by atoms with Crippen LogP contribution in [0.5, 0.6) is 0 Å². The van der Waals surface area contributed by atoms with Crippen LogP contribution in [-0.4, -0.2) is 37.2 Å². The lowest BCUT2D eigenvalue weighted by molar-refractivity contribution is 0.0199. The van der Waals surface area contributed by atoms with E-state index in [1.54, 1.807) is 0 Å². The fourth-order valence-electron chi connectivity index (χ4n) is 4.15. The standard InChI is InChI=1S/C17H31NO/c1-15(2)19-14-17(7-8-17)13-18-11-9-16(10-12-18)5-3-4-6-16/h15H,3-14H2,1-2H3. The van der Waals surface area contributed by atoms with Crippen LogP contribution in [0.15, 0.2) is 0 Å². The maximum atomic E-state index is 5.88. The van der Waals surface area contributed by atoms with Gasteiger partial charge in [-0.15, -0.1) is 0 Å². The molecule has 3 rings (SSSR count). The molecule has 2 saturated carbocycles. The van der Waals surface area contributed by atoms with Gasteiger partial charge in [0.25, 0.3) is 0 Å². The van der Waals surface area contributed by atoms with Crippen molar-refractivity contribution in [2.45, 2.75) is 71.3 Å². The number of piperidine rings is 1. The summed E-state index contributed by atoms with van der Waals surface area (Å²) in [6.07, 6.45) is 12.1. The molecule has 0 atom stereocenters. The smallest absolute Gasteiger partial charge is 0.0538 e. The molecule has 2 nitrogen and oxygen atoms in total. The quantitative estimate of drug-likeness (QED) is 0.748. The number of hydrogen-bond acceptors (Lipinski definition) is 2. The Kier molecular flexibility index (Phi) is 3.92. The van der Waals surface area contributed by atoms with Crippen molar-refractivity contribution in [2.75, 3.05) is 26.2 Å². The summed E-state index contributed by atoms with van der Waals surface area (Å²) < 4.78 is 5.88. The zero-order valence-corrected chi connectivity index (χ0v) is 12.9. The van der Waals surface area contributed by atoms with E-state index >= 15 is 0 Å². The Bertz CT molecular complexity index is 292. The van der Waals surface area contributed by atoms with Gasteiger partial charge >= 0.3 is 0 Å². The second kappa shape index (κ2) is 5.37. The Balaban J connectivity index is 1.44. The maximum absolute atomic E-state index is 5.88. The molecule has 19 heavy (non-hydrogen) atoms. The molecular weight excluding hydrogens is 234 g/mol. The highest BCUT2D eigenvalue weighted by Gasteiger charge is 2.46. The molecule has 1 spiro atoms. The minimum atomic E-state index is 0.389. The van der Waals surface area contributed by atoms with E-state index in [9.17, 15) is 0 Å². The maximum Gasteiger partial charge on any atom is 0.0538 e. The SMILES string of the molecule is CC(C)OCC1(CN2CCC3(CCCC3)CC2)CC1. The lowest BCUT2D eigenvalue weighted by atomic mass is 9.77. The van der Waals surface area contributed by atoms with Gasteiger partial charge in [0.05, 0.1) is 12.7 Å². The van der Waals surface area contributed by atoms with Gasteiger partial charge in [-0.1, -0.05) is 12.8 Å². The molecule has 0 aromatic heterocycles. The summed E-state index contributed by atoms with van der Waals surface area (Å²) in [5, 5.41) is 0. The van der Waals surface area contributed by atoms with Gasteiger partial charge in [0.2, 0.25) is 0 Å². The van der Waals surface area contributed by atoms with Gasteiger partial charge in [0.1, 0.15) is 0 Å². The van der Waals surface area contributed by atoms with Crippen LogP contribution in [-0.2, 0) is 4.74 Å². The largest absolute Gasteiger partial charge is 0.378 e. The van der Waals surface area contributed by atoms with Gasteiger partial charge in [0, 0.05) is 12.0 Å². The molecule has 2 aliphatic carbocycles. The second-order valence-corrected chi connectivity index (χ2v) is 7.84. The van der Waals surface area contributed by atoms with Gasteiger partial charge in [-0.25, -0.2) is 0 Å². The first-order valence-corrected chi connectivity index (χ1v) is 8.46. The zero-order chi connectivity index (χ0) is 13.3. The highest BCUT2D eigenvalue weighted by Crippen LogP contribution is 2.49. The molecule has 3 fully saturated rings. The predicted molar refractivity (Wildman–Crippen MR) is 79.3 cm³/mol. The summed E-state index contributed by atoms with van der Waals surface area (Å²) in [4.78, 5) is 2.74. The van der Waals surface area contributed by atoms with Crippen LogP contribution in [0, 0.1) is 10.8 Å². The van der Waals surface area contributed by atoms with Crippen LogP contribution in [0.2, 0.25) is 0 Å². The summed E-state index contributed by atoms with van der Waals surface area (Å²) in [5.74, 6) is 0. The van der Waals surface area contributed by atoms with E-state index in [2.05, 4.69) is 18.7 Å². The summed E-state index contributed by atoms with van der Waals surface area (Å²) in [5.41, 5.74) is 1.30. The molecule has 0 amide bonds. The zero-order valence-electron chi connectivity index (χ0n) is 12.9. The summed E-state index contributed by atoms with van der Waals surface area (Å²) >= 11 is 0. The van der Waals surface area contributed by atoms with Crippen LogP contribution in [0.4, 0.5) is 0 Å². The number of likely N-dealkylation sites (tertiary alicyclic amines) is 1. The van der Waals surface area contributed by atoms with Crippen molar-refractivity contribution >= 4 is 0 Å². The predicted octanol–water partition coefficient (Wildman–Crippen LogP) is 3.85. The van der Waals surface area contributed by atoms with Crippen LogP contribution >= 0.6 is 0 Å². The van der Waals surface area contributed by atoms with Crippen LogP contribution in [0.1, 0.15) is 65.2 Å². The Morgan fingerprint density at radius 2 is 1.58 bits per heavy atom. The van der Waals surface area contributed by atoms with Gasteiger partial charge in [0.15, 0.2) is 0 Å². The van der Waals surface area contributed by atoms with Gasteiger partial charge in [-0.05, 0) is 70.9 Å². The van der Waals surface area contributed by atoms with E-state index in [-0.39, 0.29) is 0 Å². The Hall–Kier alpha value is -0.0800. The molecule has 0 aromatic rings. The number of ether oxygens (including phenoxy) is 1. The highest BCUT2D eigenvalue weighted by atomic mass is 16.5. The summed E-state index contributed by atoms with van der Waals surface area (Å²) in [6, 6.07) is 0. The van der Waals surface area contributed by atoms with Crippen LogP contribution < -0.4 is 0 Å². The van der Waals surface area contributed by atoms with Crippen molar-refractivity contribution in [3.8, 4) is 0 Å². The number of hydrogen-bond donors (Lipinski definition) is 0. The van der Waals surface area contributed by atoms with Crippen molar-refractivity contribution in [3.05, 3.63) is 0 Å². The molecule has 1 heterocycles. The van der Waals surface area contributed by atoms with Crippen molar-refractivity contribution in [1.82, 2.24) is 4.90 Å². The fourth-order valence-corrected chi connectivity index (χ4v) is 4.15. The molecule has 2 heteroatoms. The number of rotatable bonds is 5. The third-order valence-corrected chi connectivity index (χ3v) is 5.82.